The molecule has 3 heterocycles. The molecule has 7 nitrogen and oxygen atoms in total. The minimum absolute atomic E-state index is 0.0104. The maximum Gasteiger partial charge on any atom is 0.326 e. The first kappa shape index (κ1) is 14.7. The summed E-state index contributed by atoms with van der Waals surface area (Å²) in [5, 5.41) is 4.24. The van der Waals surface area contributed by atoms with Crippen molar-refractivity contribution >= 4 is 16.9 Å². The van der Waals surface area contributed by atoms with Crippen LogP contribution >= 0.6 is 0 Å². The van der Waals surface area contributed by atoms with Gasteiger partial charge in [-0.2, -0.15) is 5.10 Å². The van der Waals surface area contributed by atoms with E-state index in [1.54, 1.807) is 29.9 Å². The fourth-order valence-electron chi connectivity index (χ4n) is 3.45. The lowest BCUT2D eigenvalue weighted by Gasteiger charge is -2.24. The van der Waals surface area contributed by atoms with Crippen molar-refractivity contribution in [1.82, 2.24) is 24.2 Å². The lowest BCUT2D eigenvalue weighted by molar-refractivity contribution is 0.0722. The molecule has 124 valence electrons. The number of benzene rings is 1. The average Bonchev–Trinajstić information content (AvgIpc) is 3.30. The van der Waals surface area contributed by atoms with Gasteiger partial charge in [-0.1, -0.05) is 0 Å². The molecule has 7 heteroatoms. The summed E-state index contributed by atoms with van der Waals surface area (Å²) in [6.07, 6.45) is 5.65. The summed E-state index contributed by atoms with van der Waals surface area (Å²) in [5.74, 6) is 0.0104. The van der Waals surface area contributed by atoms with Gasteiger partial charge in [-0.3, -0.25) is 14.0 Å². The third kappa shape index (κ3) is 2.42. The zero-order valence-electron chi connectivity index (χ0n) is 13.5. The molecule has 0 bridgehead atoms. The van der Waals surface area contributed by atoms with Gasteiger partial charge in [0.2, 0.25) is 0 Å². The number of hydrogen-bond acceptors (Lipinski definition) is 3. The number of nitrogens with zero attached hydrogens (tertiary/aromatic N) is 4. The number of carbonyl (C=O) groups excluding carboxylic acids is 1. The molecule has 2 aromatic heterocycles. The van der Waals surface area contributed by atoms with Crippen LogP contribution < -0.4 is 5.69 Å². The molecule has 1 amide bonds. The van der Waals surface area contributed by atoms with Crippen molar-refractivity contribution in [3.63, 3.8) is 0 Å². The zero-order chi connectivity index (χ0) is 16.7. The van der Waals surface area contributed by atoms with Crippen LogP contribution in [0.3, 0.4) is 0 Å². The largest absolute Gasteiger partial charge is 0.334 e. The minimum Gasteiger partial charge on any atom is -0.334 e. The van der Waals surface area contributed by atoms with Crippen molar-refractivity contribution in [3.8, 4) is 0 Å². The quantitative estimate of drug-likeness (QED) is 0.790. The SMILES string of the molecule is Cn1c(=O)[nH]c2cc(C(=O)N3CCCC3Cn3cccn3)ccc21. The highest BCUT2D eigenvalue weighted by Gasteiger charge is 2.30. The standard InChI is InChI=1S/C17H19N5O2/c1-20-15-6-5-12(10-14(15)19-17(20)24)16(23)22-9-2-4-13(22)11-21-8-3-7-18-21/h3,5-8,10,13H,2,4,9,11H2,1H3,(H,19,24). The van der Waals surface area contributed by atoms with Crippen LogP contribution in [0.2, 0.25) is 0 Å². The summed E-state index contributed by atoms with van der Waals surface area (Å²) in [6.45, 7) is 1.47. The van der Waals surface area contributed by atoms with Crippen LogP contribution in [0.5, 0.6) is 0 Å². The molecular formula is C17H19N5O2. The van der Waals surface area contributed by atoms with Crippen molar-refractivity contribution < 1.29 is 4.79 Å². The maximum absolute atomic E-state index is 12.9. The topological polar surface area (TPSA) is 75.9 Å². The Kier molecular flexibility index (Phi) is 3.48. The van der Waals surface area contributed by atoms with Crippen LogP contribution in [0, 0.1) is 0 Å². The molecule has 24 heavy (non-hydrogen) atoms. The first-order chi connectivity index (χ1) is 11.6. The molecular weight excluding hydrogens is 306 g/mol. The first-order valence-corrected chi connectivity index (χ1v) is 8.10. The number of rotatable bonds is 3. The summed E-state index contributed by atoms with van der Waals surface area (Å²) in [4.78, 5) is 29.3. The van der Waals surface area contributed by atoms with E-state index in [1.807, 2.05) is 27.9 Å². The smallest absolute Gasteiger partial charge is 0.326 e. The molecule has 1 fully saturated rings. The second-order valence-corrected chi connectivity index (χ2v) is 6.24. The average molecular weight is 325 g/mol. The van der Waals surface area contributed by atoms with Gasteiger partial charge in [0.25, 0.3) is 5.91 Å². The number of H-pyrrole nitrogens is 1. The van der Waals surface area contributed by atoms with Gasteiger partial charge >= 0.3 is 5.69 Å². The van der Waals surface area contributed by atoms with E-state index in [9.17, 15) is 9.59 Å². The lowest BCUT2D eigenvalue weighted by atomic mass is 10.1. The fourth-order valence-corrected chi connectivity index (χ4v) is 3.45. The molecule has 0 saturated carbocycles. The number of aryl methyl sites for hydroxylation is 1. The van der Waals surface area contributed by atoms with Crippen LogP contribution in [0.1, 0.15) is 23.2 Å². The van der Waals surface area contributed by atoms with Crippen molar-refractivity contribution in [2.24, 2.45) is 7.05 Å². The van der Waals surface area contributed by atoms with E-state index in [0.29, 0.717) is 17.6 Å². The molecule has 1 aromatic carbocycles. The highest BCUT2D eigenvalue weighted by molar-refractivity contribution is 5.97. The number of imidazole rings is 1. The predicted octanol–water partition coefficient (Wildman–Crippen LogP) is 1.37. The Labute approximate surface area is 138 Å². The summed E-state index contributed by atoms with van der Waals surface area (Å²) in [5.41, 5.74) is 1.92. The second-order valence-electron chi connectivity index (χ2n) is 6.24. The van der Waals surface area contributed by atoms with Gasteiger partial charge in [0.15, 0.2) is 0 Å². The minimum atomic E-state index is -0.174. The molecule has 1 N–H and O–H groups in total. The molecule has 3 aromatic rings. The van der Waals surface area contributed by atoms with Gasteiger partial charge in [0.05, 0.1) is 23.6 Å². The second kappa shape index (κ2) is 5.67. The Morgan fingerprint density at radius 3 is 3.08 bits per heavy atom. The van der Waals surface area contributed by atoms with Crippen LogP contribution in [0.15, 0.2) is 41.5 Å². The zero-order valence-corrected chi connectivity index (χ0v) is 13.5. The van der Waals surface area contributed by atoms with E-state index in [-0.39, 0.29) is 17.6 Å². The van der Waals surface area contributed by atoms with Crippen LogP contribution in [-0.2, 0) is 13.6 Å². The Bertz CT molecular complexity index is 938. The Morgan fingerprint density at radius 1 is 1.42 bits per heavy atom. The molecule has 0 aliphatic carbocycles. The summed E-state index contributed by atoms with van der Waals surface area (Å²) < 4.78 is 3.41. The summed E-state index contributed by atoms with van der Waals surface area (Å²) >= 11 is 0. The highest BCUT2D eigenvalue weighted by Crippen LogP contribution is 2.22. The first-order valence-electron chi connectivity index (χ1n) is 8.10. The van der Waals surface area contributed by atoms with Crippen molar-refractivity contribution in [2.45, 2.75) is 25.4 Å². The Morgan fingerprint density at radius 2 is 2.29 bits per heavy atom. The third-order valence-electron chi connectivity index (χ3n) is 4.75. The molecule has 1 saturated heterocycles. The molecule has 1 aliphatic rings. The van der Waals surface area contributed by atoms with Gasteiger partial charge < -0.3 is 9.88 Å². The molecule has 1 aliphatic heterocycles. The number of nitrogens with one attached hydrogen (secondary N) is 1. The lowest BCUT2D eigenvalue weighted by Crippen LogP contribution is -2.38. The summed E-state index contributed by atoms with van der Waals surface area (Å²) in [6, 6.07) is 7.42. The number of aromatic nitrogens is 4. The highest BCUT2D eigenvalue weighted by atomic mass is 16.2. The number of likely N-dealkylation sites (tertiary alicyclic amines) is 1. The van der Waals surface area contributed by atoms with E-state index in [4.69, 9.17) is 0 Å². The number of carbonyl (C=O) groups is 1. The molecule has 0 radical (unpaired) electrons. The van der Waals surface area contributed by atoms with E-state index in [2.05, 4.69) is 10.1 Å². The van der Waals surface area contributed by atoms with Crippen LogP contribution in [-0.4, -0.2) is 42.7 Å². The van der Waals surface area contributed by atoms with Gasteiger partial charge in [-0.05, 0) is 37.1 Å². The number of amides is 1. The van der Waals surface area contributed by atoms with E-state index in [0.717, 1.165) is 24.9 Å². The van der Waals surface area contributed by atoms with Gasteiger partial charge in [-0.25, -0.2) is 4.79 Å². The summed E-state index contributed by atoms with van der Waals surface area (Å²) in [7, 11) is 1.71. The maximum atomic E-state index is 12.9. The fraction of sp³-hybridized carbons (Fsp3) is 0.353. The van der Waals surface area contributed by atoms with Gasteiger partial charge in [0, 0.05) is 31.5 Å². The van der Waals surface area contributed by atoms with E-state index < -0.39 is 0 Å². The molecule has 0 spiro atoms. The van der Waals surface area contributed by atoms with Crippen LogP contribution in [0.4, 0.5) is 0 Å². The van der Waals surface area contributed by atoms with Crippen molar-refractivity contribution in [3.05, 3.63) is 52.7 Å². The molecule has 1 atom stereocenters. The Balaban J connectivity index is 1.61. The number of fused-ring (bicyclic) bond motifs is 1. The monoisotopic (exact) mass is 325 g/mol. The van der Waals surface area contributed by atoms with Crippen molar-refractivity contribution in [2.75, 3.05) is 6.54 Å². The third-order valence-corrected chi connectivity index (χ3v) is 4.75. The van der Waals surface area contributed by atoms with E-state index in [1.165, 1.54) is 0 Å². The van der Waals surface area contributed by atoms with Crippen LogP contribution in [0.25, 0.3) is 11.0 Å². The van der Waals surface area contributed by atoms with E-state index >= 15 is 0 Å². The molecule has 1 unspecified atom stereocenters. The number of hydrogen-bond donors (Lipinski definition) is 1. The Hall–Kier alpha value is -2.83. The predicted molar refractivity (Wildman–Crippen MR) is 89.8 cm³/mol. The normalized spacial score (nSPS) is 17.7. The van der Waals surface area contributed by atoms with Gasteiger partial charge in [0.1, 0.15) is 0 Å². The molecule has 4 rings (SSSR count). The van der Waals surface area contributed by atoms with Crippen molar-refractivity contribution in [1.29, 1.82) is 0 Å². The van der Waals surface area contributed by atoms with Gasteiger partial charge in [-0.15, -0.1) is 0 Å². The number of aromatic amines is 1.